The van der Waals surface area contributed by atoms with Gasteiger partial charge in [-0.15, -0.1) is 0 Å². The van der Waals surface area contributed by atoms with E-state index in [1.54, 1.807) is 13.8 Å². The molecule has 0 N–H and O–H groups in total. The molecule has 1 heterocycles. The molecule has 0 radical (unpaired) electrons. The average molecular weight is 261 g/mol. The highest BCUT2D eigenvalue weighted by Crippen LogP contribution is 2.37. The number of halogens is 3. The van der Waals surface area contributed by atoms with Crippen LogP contribution in [-0.2, 0) is 6.18 Å². The van der Waals surface area contributed by atoms with E-state index in [1.165, 1.54) is 0 Å². The smallest absolute Gasteiger partial charge is 0.433 e. The van der Waals surface area contributed by atoms with E-state index in [-0.39, 0.29) is 23.7 Å². The number of rotatable bonds is 4. The number of aromatic nitrogens is 1. The molecule has 3 nitrogen and oxygen atoms in total. The average Bonchev–Trinajstić information content (AvgIpc) is 3.02. The second-order valence-electron chi connectivity index (χ2n) is 4.50. The predicted octanol–water partition coefficient (Wildman–Crippen LogP) is 3.43. The molecule has 6 heteroatoms. The maximum absolute atomic E-state index is 12.6. The van der Waals surface area contributed by atoms with Crippen LogP contribution in [0.25, 0.3) is 0 Å². The van der Waals surface area contributed by atoms with Gasteiger partial charge in [-0.1, -0.05) is 0 Å². The highest BCUT2D eigenvalue weighted by Gasteiger charge is 2.34. The molecule has 1 aromatic rings. The first-order valence-corrected chi connectivity index (χ1v) is 5.77. The Hall–Kier alpha value is -1.46. The highest BCUT2D eigenvalue weighted by molar-refractivity contribution is 5.40. The summed E-state index contributed by atoms with van der Waals surface area (Å²) in [5, 5.41) is 0. The van der Waals surface area contributed by atoms with Gasteiger partial charge in [0.2, 0.25) is 0 Å². The van der Waals surface area contributed by atoms with Gasteiger partial charge in [-0.25, -0.2) is 4.98 Å². The Morgan fingerprint density at radius 1 is 1.28 bits per heavy atom. The molecule has 1 aromatic heterocycles. The van der Waals surface area contributed by atoms with Crippen LogP contribution in [0.1, 0.15) is 32.4 Å². The molecule has 0 bridgehead atoms. The molecule has 1 aliphatic carbocycles. The maximum atomic E-state index is 12.6. The van der Waals surface area contributed by atoms with Crippen LogP contribution >= 0.6 is 0 Å². The zero-order valence-corrected chi connectivity index (χ0v) is 10.1. The fraction of sp³-hybridized carbons (Fsp3) is 0.583. The number of alkyl halides is 3. The zero-order chi connectivity index (χ0) is 13.3. The first-order valence-electron chi connectivity index (χ1n) is 5.77. The van der Waals surface area contributed by atoms with Crippen molar-refractivity contribution in [3.05, 3.63) is 18.0 Å². The first kappa shape index (κ1) is 13.0. The van der Waals surface area contributed by atoms with Gasteiger partial charge >= 0.3 is 6.18 Å². The second-order valence-corrected chi connectivity index (χ2v) is 4.50. The molecular weight excluding hydrogens is 247 g/mol. The van der Waals surface area contributed by atoms with Gasteiger partial charge in [0, 0.05) is 6.07 Å². The number of nitrogens with zero attached hydrogens (tertiary/aromatic N) is 1. The summed E-state index contributed by atoms with van der Waals surface area (Å²) < 4.78 is 48.5. The largest absolute Gasteiger partial charge is 0.486 e. The molecule has 0 spiro atoms. The molecule has 1 fully saturated rings. The van der Waals surface area contributed by atoms with Crippen molar-refractivity contribution < 1.29 is 22.6 Å². The predicted molar refractivity (Wildman–Crippen MR) is 58.7 cm³/mol. The van der Waals surface area contributed by atoms with Gasteiger partial charge in [0.1, 0.15) is 5.69 Å². The summed E-state index contributed by atoms with van der Waals surface area (Å²) in [5.74, 6) is 0.374. The van der Waals surface area contributed by atoms with E-state index in [0.29, 0.717) is 0 Å². The lowest BCUT2D eigenvalue weighted by molar-refractivity contribution is -0.141. The summed E-state index contributed by atoms with van der Waals surface area (Å²) in [4.78, 5) is 3.36. The van der Waals surface area contributed by atoms with Gasteiger partial charge in [-0.05, 0) is 26.7 Å². The number of hydrogen-bond acceptors (Lipinski definition) is 3. The third-order valence-electron chi connectivity index (χ3n) is 2.30. The second kappa shape index (κ2) is 4.66. The quantitative estimate of drug-likeness (QED) is 0.832. The van der Waals surface area contributed by atoms with Crippen molar-refractivity contribution in [2.24, 2.45) is 0 Å². The number of pyridine rings is 1. The van der Waals surface area contributed by atoms with E-state index >= 15 is 0 Å². The number of ether oxygens (including phenoxy) is 2. The third kappa shape index (κ3) is 3.27. The summed E-state index contributed by atoms with van der Waals surface area (Å²) in [5.41, 5.74) is -0.964. The Morgan fingerprint density at radius 3 is 2.44 bits per heavy atom. The Bertz CT molecular complexity index is 428. The number of hydrogen-bond donors (Lipinski definition) is 0. The Kier molecular flexibility index (Phi) is 3.36. The van der Waals surface area contributed by atoms with Gasteiger partial charge in [0.25, 0.3) is 0 Å². The standard InChI is InChI=1S/C12H14F3NO2/c1-7(2)17-10-6-16-11(12(13,14)15)5-9(10)18-8-3-4-8/h5-8H,3-4H2,1-2H3. The fourth-order valence-corrected chi connectivity index (χ4v) is 1.38. The van der Waals surface area contributed by atoms with E-state index in [4.69, 9.17) is 9.47 Å². The van der Waals surface area contributed by atoms with E-state index in [2.05, 4.69) is 4.98 Å². The maximum Gasteiger partial charge on any atom is 0.433 e. The normalized spacial score (nSPS) is 15.9. The summed E-state index contributed by atoms with van der Waals surface area (Å²) in [6.07, 6.45) is -1.82. The summed E-state index contributed by atoms with van der Waals surface area (Å²) in [6, 6.07) is 0.899. The molecule has 18 heavy (non-hydrogen) atoms. The molecule has 1 saturated carbocycles. The van der Waals surface area contributed by atoms with Crippen LogP contribution in [0.2, 0.25) is 0 Å². The van der Waals surface area contributed by atoms with Gasteiger partial charge in [0.15, 0.2) is 11.5 Å². The van der Waals surface area contributed by atoms with Crippen LogP contribution in [0.15, 0.2) is 12.3 Å². The summed E-state index contributed by atoms with van der Waals surface area (Å²) >= 11 is 0. The monoisotopic (exact) mass is 261 g/mol. The molecule has 100 valence electrons. The summed E-state index contributed by atoms with van der Waals surface area (Å²) in [6.45, 7) is 3.58. The highest BCUT2D eigenvalue weighted by atomic mass is 19.4. The molecule has 0 unspecified atom stereocenters. The lowest BCUT2D eigenvalue weighted by Gasteiger charge is -2.16. The van der Waals surface area contributed by atoms with Gasteiger partial charge in [0.05, 0.1) is 18.4 Å². The Labute approximate surface area is 103 Å². The molecule has 0 saturated heterocycles. The summed E-state index contributed by atoms with van der Waals surface area (Å²) in [7, 11) is 0. The molecular formula is C12H14F3NO2. The van der Waals surface area contributed by atoms with Crippen LogP contribution in [0.5, 0.6) is 11.5 Å². The molecule has 1 aliphatic rings. The van der Waals surface area contributed by atoms with E-state index < -0.39 is 11.9 Å². The minimum atomic E-state index is -4.47. The van der Waals surface area contributed by atoms with Crippen molar-refractivity contribution in [3.8, 4) is 11.5 Å². The van der Waals surface area contributed by atoms with Crippen molar-refractivity contribution in [1.29, 1.82) is 0 Å². The van der Waals surface area contributed by atoms with E-state index in [0.717, 1.165) is 25.1 Å². The van der Waals surface area contributed by atoms with Crippen molar-refractivity contribution in [1.82, 2.24) is 4.98 Å². The van der Waals surface area contributed by atoms with Crippen LogP contribution < -0.4 is 9.47 Å². The lowest BCUT2D eigenvalue weighted by Crippen LogP contribution is -2.12. The third-order valence-corrected chi connectivity index (χ3v) is 2.30. The van der Waals surface area contributed by atoms with Crippen LogP contribution in [0.3, 0.4) is 0 Å². The van der Waals surface area contributed by atoms with E-state index in [9.17, 15) is 13.2 Å². The van der Waals surface area contributed by atoms with Crippen molar-refractivity contribution in [2.75, 3.05) is 0 Å². The minimum Gasteiger partial charge on any atom is -0.486 e. The molecule has 0 aromatic carbocycles. The SMILES string of the molecule is CC(C)Oc1cnc(C(F)(F)F)cc1OC1CC1. The van der Waals surface area contributed by atoms with Crippen molar-refractivity contribution >= 4 is 0 Å². The van der Waals surface area contributed by atoms with Gasteiger partial charge in [-0.3, -0.25) is 0 Å². The topological polar surface area (TPSA) is 31.4 Å². The van der Waals surface area contributed by atoms with Crippen molar-refractivity contribution in [2.45, 2.75) is 45.1 Å². The fourth-order valence-electron chi connectivity index (χ4n) is 1.38. The lowest BCUT2D eigenvalue weighted by atomic mass is 10.3. The van der Waals surface area contributed by atoms with Crippen LogP contribution in [0, 0.1) is 0 Å². The van der Waals surface area contributed by atoms with Crippen LogP contribution in [-0.4, -0.2) is 17.2 Å². The zero-order valence-electron chi connectivity index (χ0n) is 10.1. The van der Waals surface area contributed by atoms with Gasteiger partial charge in [-0.2, -0.15) is 13.2 Å². The molecule has 2 rings (SSSR count). The Morgan fingerprint density at radius 2 is 1.94 bits per heavy atom. The molecule has 0 atom stereocenters. The van der Waals surface area contributed by atoms with Gasteiger partial charge < -0.3 is 9.47 Å². The first-order chi connectivity index (χ1) is 8.36. The Balaban J connectivity index is 2.28. The molecule has 0 aliphatic heterocycles. The van der Waals surface area contributed by atoms with E-state index in [1.807, 2.05) is 0 Å². The molecule has 0 amide bonds. The van der Waals surface area contributed by atoms with Crippen molar-refractivity contribution in [3.63, 3.8) is 0 Å². The van der Waals surface area contributed by atoms with Crippen LogP contribution in [0.4, 0.5) is 13.2 Å². The minimum absolute atomic E-state index is 0.00277.